The van der Waals surface area contributed by atoms with Crippen LogP contribution in [0.4, 0.5) is 18.9 Å². The molecule has 0 aromatic heterocycles. The molecule has 2 rings (SSSR count). The van der Waals surface area contributed by atoms with Crippen molar-refractivity contribution in [2.75, 3.05) is 31.5 Å². The van der Waals surface area contributed by atoms with Gasteiger partial charge >= 0.3 is 0 Å². The topological polar surface area (TPSA) is 61.4 Å². The lowest BCUT2D eigenvalue weighted by molar-refractivity contribution is -0.125. The van der Waals surface area contributed by atoms with Crippen LogP contribution in [0.25, 0.3) is 0 Å². The third kappa shape index (κ3) is 4.95. The Bertz CT molecular complexity index is 617. The molecule has 1 heterocycles. The average Bonchev–Trinajstić information content (AvgIpc) is 2.56. The summed E-state index contributed by atoms with van der Waals surface area (Å²) >= 11 is 0. The van der Waals surface area contributed by atoms with E-state index < -0.39 is 29.0 Å². The molecule has 1 aromatic carbocycles. The summed E-state index contributed by atoms with van der Waals surface area (Å²) in [5.41, 5.74) is -0.474. The predicted octanol–water partition coefficient (Wildman–Crippen LogP) is 1.89. The van der Waals surface area contributed by atoms with Crippen LogP contribution in [-0.4, -0.2) is 42.9 Å². The number of rotatable bonds is 5. The lowest BCUT2D eigenvalue weighted by Crippen LogP contribution is -2.43. The Labute approximate surface area is 138 Å². The summed E-state index contributed by atoms with van der Waals surface area (Å²) in [6, 6.07) is 1.63. The molecule has 0 bridgehead atoms. The number of piperidine rings is 1. The Morgan fingerprint density at radius 3 is 2.46 bits per heavy atom. The van der Waals surface area contributed by atoms with Gasteiger partial charge in [0.15, 0.2) is 17.5 Å². The molecule has 24 heavy (non-hydrogen) atoms. The highest BCUT2D eigenvalue weighted by molar-refractivity contribution is 5.94. The standard InChI is InChI=1S/C16H20F3N3O2/c1-10-4-6-22(7-5-10)9-14(24)20-8-13(23)21-12-3-2-11(17)15(18)16(12)19/h2-3,10H,4-9H2,1H3,(H,20,24)(H,21,23). The third-order valence-corrected chi connectivity index (χ3v) is 4.00. The van der Waals surface area contributed by atoms with E-state index in [1.54, 1.807) is 0 Å². The number of halogens is 3. The van der Waals surface area contributed by atoms with E-state index in [4.69, 9.17) is 0 Å². The zero-order chi connectivity index (χ0) is 17.7. The fourth-order valence-corrected chi connectivity index (χ4v) is 2.47. The van der Waals surface area contributed by atoms with Gasteiger partial charge in [0, 0.05) is 0 Å². The smallest absolute Gasteiger partial charge is 0.243 e. The molecule has 0 spiro atoms. The third-order valence-electron chi connectivity index (χ3n) is 4.00. The van der Waals surface area contributed by atoms with E-state index in [1.165, 1.54) is 0 Å². The van der Waals surface area contributed by atoms with Crippen LogP contribution in [0.15, 0.2) is 12.1 Å². The zero-order valence-corrected chi connectivity index (χ0v) is 13.4. The number of carbonyl (C=O) groups excluding carboxylic acids is 2. The Hall–Kier alpha value is -2.09. The van der Waals surface area contributed by atoms with Gasteiger partial charge in [-0.15, -0.1) is 0 Å². The molecule has 1 aliphatic heterocycles. The van der Waals surface area contributed by atoms with Crippen molar-refractivity contribution in [2.45, 2.75) is 19.8 Å². The summed E-state index contributed by atoms with van der Waals surface area (Å²) in [5.74, 6) is -4.85. The lowest BCUT2D eigenvalue weighted by atomic mass is 9.99. The second-order valence-electron chi connectivity index (χ2n) is 6.01. The first-order valence-corrected chi connectivity index (χ1v) is 7.79. The SMILES string of the molecule is CC1CCN(CC(=O)NCC(=O)Nc2ccc(F)c(F)c2F)CC1. The summed E-state index contributed by atoms with van der Waals surface area (Å²) in [7, 11) is 0. The minimum Gasteiger partial charge on any atom is -0.346 e. The Morgan fingerprint density at radius 1 is 1.12 bits per heavy atom. The summed E-state index contributed by atoms with van der Waals surface area (Å²) in [6.45, 7) is 3.65. The van der Waals surface area contributed by atoms with Crippen molar-refractivity contribution >= 4 is 17.5 Å². The lowest BCUT2D eigenvalue weighted by Gasteiger charge is -2.29. The van der Waals surface area contributed by atoms with Crippen LogP contribution in [0.3, 0.4) is 0 Å². The number of anilines is 1. The molecule has 0 saturated carbocycles. The highest BCUT2D eigenvalue weighted by Crippen LogP contribution is 2.19. The van der Waals surface area contributed by atoms with Crippen LogP contribution in [-0.2, 0) is 9.59 Å². The first kappa shape index (κ1) is 18.3. The average molecular weight is 343 g/mol. The maximum Gasteiger partial charge on any atom is 0.243 e. The van der Waals surface area contributed by atoms with E-state index in [9.17, 15) is 22.8 Å². The normalized spacial score (nSPS) is 16.0. The molecule has 0 radical (unpaired) electrons. The van der Waals surface area contributed by atoms with Gasteiger partial charge in [-0.1, -0.05) is 6.92 Å². The number of hydrogen-bond acceptors (Lipinski definition) is 3. The Kier molecular flexibility index (Phi) is 6.19. The van der Waals surface area contributed by atoms with Crippen molar-refractivity contribution in [3.63, 3.8) is 0 Å². The Balaban J connectivity index is 1.77. The maximum absolute atomic E-state index is 13.4. The molecule has 0 atom stereocenters. The fourth-order valence-electron chi connectivity index (χ4n) is 2.47. The van der Waals surface area contributed by atoms with Crippen molar-refractivity contribution in [1.82, 2.24) is 10.2 Å². The molecule has 1 aliphatic rings. The van der Waals surface area contributed by atoms with Crippen LogP contribution >= 0.6 is 0 Å². The zero-order valence-electron chi connectivity index (χ0n) is 13.4. The largest absolute Gasteiger partial charge is 0.346 e. The monoisotopic (exact) mass is 343 g/mol. The number of nitrogens with one attached hydrogen (secondary N) is 2. The molecule has 8 heteroatoms. The number of carbonyl (C=O) groups is 2. The highest BCUT2D eigenvalue weighted by Gasteiger charge is 2.19. The van der Waals surface area contributed by atoms with Gasteiger partial charge in [0.05, 0.1) is 18.8 Å². The first-order chi connectivity index (χ1) is 11.4. The minimum atomic E-state index is -1.66. The molecule has 0 unspecified atom stereocenters. The second kappa shape index (κ2) is 8.14. The molecule has 0 aliphatic carbocycles. The van der Waals surface area contributed by atoms with Crippen molar-refractivity contribution in [2.24, 2.45) is 5.92 Å². The van der Waals surface area contributed by atoms with E-state index in [-0.39, 0.29) is 19.0 Å². The van der Waals surface area contributed by atoms with Gasteiger partial charge in [0.2, 0.25) is 11.8 Å². The Morgan fingerprint density at radius 2 is 1.79 bits per heavy atom. The number of likely N-dealkylation sites (tertiary alicyclic amines) is 1. The molecular formula is C16H20F3N3O2. The molecular weight excluding hydrogens is 323 g/mol. The van der Waals surface area contributed by atoms with Gasteiger partial charge in [-0.25, -0.2) is 13.2 Å². The van der Waals surface area contributed by atoms with Crippen molar-refractivity contribution in [3.8, 4) is 0 Å². The van der Waals surface area contributed by atoms with Crippen LogP contribution in [0, 0.1) is 23.4 Å². The summed E-state index contributed by atoms with van der Waals surface area (Å²) < 4.78 is 39.3. The molecule has 1 aromatic rings. The summed E-state index contributed by atoms with van der Waals surface area (Å²) in [6.07, 6.45) is 2.06. The molecule has 2 amide bonds. The van der Waals surface area contributed by atoms with Gasteiger partial charge in [-0.3, -0.25) is 14.5 Å². The molecule has 5 nitrogen and oxygen atoms in total. The van der Waals surface area contributed by atoms with E-state index in [1.807, 2.05) is 4.90 Å². The predicted molar refractivity (Wildman–Crippen MR) is 82.8 cm³/mol. The van der Waals surface area contributed by atoms with E-state index in [0.29, 0.717) is 12.0 Å². The van der Waals surface area contributed by atoms with Gasteiger partial charge in [0.1, 0.15) is 0 Å². The van der Waals surface area contributed by atoms with E-state index in [0.717, 1.165) is 32.0 Å². The van der Waals surface area contributed by atoms with Gasteiger partial charge in [-0.05, 0) is 44.0 Å². The molecule has 2 N–H and O–H groups in total. The van der Waals surface area contributed by atoms with Crippen LogP contribution in [0.1, 0.15) is 19.8 Å². The molecule has 1 saturated heterocycles. The number of nitrogens with zero attached hydrogens (tertiary/aromatic N) is 1. The maximum atomic E-state index is 13.4. The van der Waals surface area contributed by atoms with E-state index >= 15 is 0 Å². The van der Waals surface area contributed by atoms with Gasteiger partial charge < -0.3 is 10.6 Å². The minimum absolute atomic E-state index is 0.194. The van der Waals surface area contributed by atoms with Crippen molar-refractivity contribution in [1.29, 1.82) is 0 Å². The van der Waals surface area contributed by atoms with Crippen LogP contribution in [0.5, 0.6) is 0 Å². The highest BCUT2D eigenvalue weighted by atomic mass is 19.2. The summed E-state index contributed by atoms with van der Waals surface area (Å²) in [5, 5.41) is 4.52. The molecule has 132 valence electrons. The fraction of sp³-hybridized carbons (Fsp3) is 0.500. The number of amides is 2. The van der Waals surface area contributed by atoms with Crippen LogP contribution < -0.4 is 10.6 Å². The van der Waals surface area contributed by atoms with Gasteiger partial charge in [-0.2, -0.15) is 0 Å². The van der Waals surface area contributed by atoms with Crippen LogP contribution in [0.2, 0.25) is 0 Å². The second-order valence-corrected chi connectivity index (χ2v) is 6.01. The van der Waals surface area contributed by atoms with Gasteiger partial charge in [0.25, 0.3) is 0 Å². The molecule has 1 fully saturated rings. The van der Waals surface area contributed by atoms with Crippen molar-refractivity contribution < 1.29 is 22.8 Å². The quantitative estimate of drug-likeness (QED) is 0.803. The van der Waals surface area contributed by atoms with Crippen molar-refractivity contribution in [3.05, 3.63) is 29.6 Å². The first-order valence-electron chi connectivity index (χ1n) is 7.79. The number of benzene rings is 1. The number of hydrogen-bond donors (Lipinski definition) is 2. The van der Waals surface area contributed by atoms with E-state index in [2.05, 4.69) is 17.6 Å². The summed E-state index contributed by atoms with van der Waals surface area (Å²) in [4.78, 5) is 25.5.